The Hall–Kier alpha value is -0.120. The van der Waals surface area contributed by atoms with E-state index in [0.29, 0.717) is 11.5 Å². The van der Waals surface area contributed by atoms with Crippen LogP contribution in [0.25, 0.3) is 0 Å². The topological polar surface area (TPSA) is 24.5 Å². The summed E-state index contributed by atoms with van der Waals surface area (Å²) in [5, 5.41) is 3.62. The molecule has 2 rings (SSSR count). The third-order valence-electron chi connectivity index (χ3n) is 3.80. The Morgan fingerprint density at radius 1 is 1.44 bits per heavy atom. The normalized spacial score (nSPS) is 27.2. The minimum atomic E-state index is 0.492. The van der Waals surface area contributed by atoms with E-state index in [-0.39, 0.29) is 0 Å². The SMILES string of the molecule is COCC(CNC1CC1)N1CCC(C)(C)C1. The van der Waals surface area contributed by atoms with Crippen LogP contribution in [-0.4, -0.2) is 50.3 Å². The van der Waals surface area contributed by atoms with E-state index in [1.54, 1.807) is 0 Å². The Morgan fingerprint density at radius 3 is 2.69 bits per heavy atom. The number of methoxy groups -OCH3 is 1. The van der Waals surface area contributed by atoms with Crippen LogP contribution >= 0.6 is 0 Å². The molecule has 1 atom stereocenters. The first-order valence-electron chi connectivity index (χ1n) is 6.57. The van der Waals surface area contributed by atoms with E-state index >= 15 is 0 Å². The number of hydrogen-bond donors (Lipinski definition) is 1. The molecule has 3 heteroatoms. The zero-order chi connectivity index (χ0) is 11.6. The van der Waals surface area contributed by atoms with Gasteiger partial charge in [-0.05, 0) is 31.2 Å². The quantitative estimate of drug-likeness (QED) is 0.742. The minimum absolute atomic E-state index is 0.492. The molecule has 0 radical (unpaired) electrons. The lowest BCUT2D eigenvalue weighted by Crippen LogP contribution is -2.45. The Balaban J connectivity index is 1.80. The molecule has 94 valence electrons. The highest BCUT2D eigenvalue weighted by atomic mass is 16.5. The molecule has 1 unspecified atom stereocenters. The van der Waals surface area contributed by atoms with Crippen LogP contribution in [-0.2, 0) is 4.74 Å². The number of nitrogens with zero attached hydrogens (tertiary/aromatic N) is 1. The Morgan fingerprint density at radius 2 is 2.19 bits per heavy atom. The van der Waals surface area contributed by atoms with Gasteiger partial charge in [-0.25, -0.2) is 0 Å². The lowest BCUT2D eigenvalue weighted by atomic mass is 9.93. The van der Waals surface area contributed by atoms with Gasteiger partial charge in [-0.3, -0.25) is 4.90 Å². The minimum Gasteiger partial charge on any atom is -0.383 e. The molecule has 1 N–H and O–H groups in total. The first-order chi connectivity index (χ1) is 7.61. The molecule has 1 aliphatic heterocycles. The summed E-state index contributed by atoms with van der Waals surface area (Å²) < 4.78 is 5.36. The van der Waals surface area contributed by atoms with E-state index in [4.69, 9.17) is 4.74 Å². The number of likely N-dealkylation sites (tertiary alicyclic amines) is 1. The second-order valence-corrected chi connectivity index (χ2v) is 6.18. The van der Waals surface area contributed by atoms with Crippen molar-refractivity contribution >= 4 is 0 Å². The number of hydrogen-bond acceptors (Lipinski definition) is 3. The lowest BCUT2D eigenvalue weighted by Gasteiger charge is -2.29. The van der Waals surface area contributed by atoms with Crippen molar-refractivity contribution in [2.75, 3.05) is 33.4 Å². The molecule has 1 saturated carbocycles. The fourth-order valence-corrected chi connectivity index (χ4v) is 2.54. The Kier molecular flexibility index (Phi) is 3.88. The van der Waals surface area contributed by atoms with Crippen molar-refractivity contribution in [1.29, 1.82) is 0 Å². The van der Waals surface area contributed by atoms with Crippen molar-refractivity contribution in [3.05, 3.63) is 0 Å². The summed E-state index contributed by atoms with van der Waals surface area (Å²) in [5.74, 6) is 0. The van der Waals surface area contributed by atoms with Crippen molar-refractivity contribution in [2.45, 2.75) is 45.2 Å². The molecule has 1 aliphatic carbocycles. The van der Waals surface area contributed by atoms with Gasteiger partial charge in [0.2, 0.25) is 0 Å². The molecule has 0 aromatic heterocycles. The molecule has 0 aromatic rings. The summed E-state index contributed by atoms with van der Waals surface area (Å²) in [5.41, 5.74) is 0.492. The van der Waals surface area contributed by atoms with Crippen molar-refractivity contribution < 1.29 is 4.74 Å². The molecule has 0 aromatic carbocycles. The smallest absolute Gasteiger partial charge is 0.0630 e. The third kappa shape index (κ3) is 3.44. The summed E-state index contributed by atoms with van der Waals surface area (Å²) in [6.07, 6.45) is 4.05. The summed E-state index contributed by atoms with van der Waals surface area (Å²) in [6.45, 7) is 9.13. The van der Waals surface area contributed by atoms with Crippen LogP contribution in [0.5, 0.6) is 0 Å². The molecule has 0 bridgehead atoms. The highest BCUT2D eigenvalue weighted by Gasteiger charge is 2.33. The van der Waals surface area contributed by atoms with Gasteiger partial charge in [-0.15, -0.1) is 0 Å². The maximum Gasteiger partial charge on any atom is 0.0630 e. The number of ether oxygens (including phenoxy) is 1. The van der Waals surface area contributed by atoms with Crippen LogP contribution in [0.1, 0.15) is 33.1 Å². The van der Waals surface area contributed by atoms with Gasteiger partial charge >= 0.3 is 0 Å². The average molecular weight is 226 g/mol. The molecular formula is C13H26N2O. The van der Waals surface area contributed by atoms with E-state index in [1.165, 1.54) is 32.4 Å². The van der Waals surface area contributed by atoms with Crippen LogP contribution in [0.4, 0.5) is 0 Å². The summed E-state index contributed by atoms with van der Waals surface area (Å²) in [4.78, 5) is 2.60. The number of nitrogens with one attached hydrogen (secondary N) is 1. The molecule has 1 heterocycles. The molecule has 3 nitrogen and oxygen atoms in total. The molecule has 2 aliphatic rings. The monoisotopic (exact) mass is 226 g/mol. The highest BCUT2D eigenvalue weighted by molar-refractivity contribution is 4.89. The summed E-state index contributed by atoms with van der Waals surface area (Å²) in [6, 6.07) is 1.36. The third-order valence-corrected chi connectivity index (χ3v) is 3.80. The van der Waals surface area contributed by atoms with Gasteiger partial charge in [0.15, 0.2) is 0 Å². The van der Waals surface area contributed by atoms with Crippen LogP contribution in [0.3, 0.4) is 0 Å². The zero-order valence-electron chi connectivity index (χ0n) is 11.0. The van der Waals surface area contributed by atoms with Crippen molar-refractivity contribution in [1.82, 2.24) is 10.2 Å². The van der Waals surface area contributed by atoms with Crippen LogP contribution in [0, 0.1) is 5.41 Å². The van der Waals surface area contributed by atoms with Gasteiger partial charge < -0.3 is 10.1 Å². The summed E-state index contributed by atoms with van der Waals surface area (Å²) >= 11 is 0. The van der Waals surface area contributed by atoms with Crippen LogP contribution < -0.4 is 5.32 Å². The second-order valence-electron chi connectivity index (χ2n) is 6.18. The predicted octanol–water partition coefficient (Wildman–Crippen LogP) is 1.49. The van der Waals surface area contributed by atoms with E-state index in [9.17, 15) is 0 Å². The molecule has 0 amide bonds. The molecule has 2 fully saturated rings. The maximum atomic E-state index is 5.36. The van der Waals surface area contributed by atoms with Crippen molar-refractivity contribution in [2.24, 2.45) is 5.41 Å². The highest BCUT2D eigenvalue weighted by Crippen LogP contribution is 2.30. The second kappa shape index (κ2) is 5.03. The molecule has 0 spiro atoms. The van der Waals surface area contributed by atoms with Gasteiger partial charge in [0, 0.05) is 32.3 Å². The average Bonchev–Trinajstić information content (AvgIpc) is 2.97. The van der Waals surface area contributed by atoms with Crippen molar-refractivity contribution in [3.63, 3.8) is 0 Å². The fraction of sp³-hybridized carbons (Fsp3) is 1.00. The van der Waals surface area contributed by atoms with E-state index in [2.05, 4.69) is 24.1 Å². The molecular weight excluding hydrogens is 200 g/mol. The predicted molar refractivity (Wildman–Crippen MR) is 66.7 cm³/mol. The Bertz CT molecular complexity index is 226. The van der Waals surface area contributed by atoms with Crippen LogP contribution in [0.2, 0.25) is 0 Å². The van der Waals surface area contributed by atoms with Gasteiger partial charge in [0.25, 0.3) is 0 Å². The van der Waals surface area contributed by atoms with E-state index in [1.807, 2.05) is 7.11 Å². The molecule has 1 saturated heterocycles. The first kappa shape index (κ1) is 12.3. The fourth-order valence-electron chi connectivity index (χ4n) is 2.54. The van der Waals surface area contributed by atoms with Gasteiger partial charge in [0.1, 0.15) is 0 Å². The maximum absolute atomic E-state index is 5.36. The molecule has 16 heavy (non-hydrogen) atoms. The largest absolute Gasteiger partial charge is 0.383 e. The summed E-state index contributed by atoms with van der Waals surface area (Å²) in [7, 11) is 1.81. The van der Waals surface area contributed by atoms with Crippen LogP contribution in [0.15, 0.2) is 0 Å². The van der Waals surface area contributed by atoms with Gasteiger partial charge in [0.05, 0.1) is 6.61 Å². The Labute approximate surface area is 99.5 Å². The van der Waals surface area contributed by atoms with E-state index in [0.717, 1.165) is 19.2 Å². The van der Waals surface area contributed by atoms with Crippen molar-refractivity contribution in [3.8, 4) is 0 Å². The van der Waals surface area contributed by atoms with E-state index < -0.39 is 0 Å². The lowest BCUT2D eigenvalue weighted by molar-refractivity contribution is 0.0980. The van der Waals surface area contributed by atoms with Gasteiger partial charge in [-0.1, -0.05) is 13.8 Å². The zero-order valence-corrected chi connectivity index (χ0v) is 11.0. The van der Waals surface area contributed by atoms with Gasteiger partial charge in [-0.2, -0.15) is 0 Å². The standard InChI is InChI=1S/C13H26N2O/c1-13(2)6-7-15(10-13)12(9-16-3)8-14-11-4-5-11/h11-12,14H,4-10H2,1-3H3. The number of rotatable bonds is 6. The first-order valence-corrected chi connectivity index (χ1v) is 6.57.